The van der Waals surface area contributed by atoms with Gasteiger partial charge in [-0.1, -0.05) is 0 Å². The molecule has 0 saturated carbocycles. The number of phosphoric acid groups is 1. The van der Waals surface area contributed by atoms with Gasteiger partial charge in [0.2, 0.25) is 0 Å². The number of nitrogen functional groups attached to an aromatic ring is 1. The monoisotopic (exact) mass is 409 g/mol. The molecule has 5 atom stereocenters. The number of aliphatic hydroxyl groups is 2. The lowest BCUT2D eigenvalue weighted by Crippen LogP contribution is -2.33. The number of aromatic nitrogens is 4. The molecule has 3 heterocycles. The maximum Gasteiger partial charge on any atom is 0.484 e. The summed E-state index contributed by atoms with van der Waals surface area (Å²) in [5.41, 5.74) is 6.16. The fourth-order valence-electron chi connectivity index (χ4n) is 2.43. The third-order valence-electron chi connectivity index (χ3n) is 3.57. The van der Waals surface area contributed by atoms with Crippen LogP contribution in [0.15, 0.2) is 12.7 Å². The number of nitrogens with two attached hydrogens (primary N) is 1. The first-order chi connectivity index (χ1) is 12.2. The number of hydrogen-bond acceptors (Lipinski definition) is 12. The van der Waals surface area contributed by atoms with Gasteiger partial charge in [0.05, 0.1) is 12.9 Å². The van der Waals surface area contributed by atoms with Gasteiger partial charge in [-0.2, -0.15) is 4.31 Å². The molecule has 3 rings (SSSR count). The van der Waals surface area contributed by atoms with Crippen LogP contribution in [0, 0.1) is 0 Å². The minimum Gasteiger partial charge on any atom is -0.387 e. The van der Waals surface area contributed by atoms with Gasteiger partial charge in [0.15, 0.2) is 17.7 Å². The van der Waals surface area contributed by atoms with E-state index in [1.807, 2.05) is 0 Å². The lowest BCUT2D eigenvalue weighted by Gasteiger charge is -2.16. The lowest BCUT2D eigenvalue weighted by atomic mass is 10.1. The first kappa shape index (κ1) is 19.0. The van der Waals surface area contributed by atoms with Gasteiger partial charge in [0, 0.05) is 0 Å². The molecule has 1 fully saturated rings. The number of rotatable bonds is 6. The molecular weight excluding hydrogens is 396 g/mol. The van der Waals surface area contributed by atoms with Crippen molar-refractivity contribution in [3.8, 4) is 0 Å². The summed E-state index contributed by atoms with van der Waals surface area (Å²) in [6, 6.07) is 0. The highest BCUT2D eigenvalue weighted by Crippen LogP contribution is 2.49. The van der Waals surface area contributed by atoms with Crippen molar-refractivity contribution in [2.75, 3.05) is 12.3 Å². The van der Waals surface area contributed by atoms with Crippen molar-refractivity contribution in [1.82, 2.24) is 19.5 Å². The molecule has 0 amide bonds. The van der Waals surface area contributed by atoms with Gasteiger partial charge in [-0.05, 0) is 0 Å². The van der Waals surface area contributed by atoms with Gasteiger partial charge in [-0.25, -0.2) is 28.6 Å². The molecule has 0 radical (unpaired) electrons. The van der Waals surface area contributed by atoms with Gasteiger partial charge >= 0.3 is 15.7 Å². The van der Waals surface area contributed by atoms with E-state index in [4.69, 9.17) is 10.5 Å². The number of phosphoric ester groups is 1. The van der Waals surface area contributed by atoms with Gasteiger partial charge < -0.3 is 25.6 Å². The van der Waals surface area contributed by atoms with Crippen LogP contribution in [0.3, 0.4) is 0 Å². The fraction of sp³-hybridized carbons (Fsp3) is 0.500. The van der Waals surface area contributed by atoms with Gasteiger partial charge in [-0.15, -0.1) is 0 Å². The minimum absolute atomic E-state index is 0.103. The maximum absolute atomic E-state index is 11.4. The van der Waals surface area contributed by atoms with Crippen LogP contribution < -0.4 is 5.73 Å². The number of anilines is 1. The minimum atomic E-state index is -4.90. The summed E-state index contributed by atoms with van der Waals surface area (Å²) in [5.74, 6) is 0.103. The van der Waals surface area contributed by atoms with Crippen molar-refractivity contribution in [3.05, 3.63) is 12.7 Å². The van der Waals surface area contributed by atoms with E-state index in [0.29, 0.717) is 0 Å². The third kappa shape index (κ3) is 3.68. The van der Waals surface area contributed by atoms with Crippen LogP contribution >= 0.6 is 15.7 Å². The Balaban J connectivity index is 1.77. The molecule has 14 nitrogen and oxygen atoms in total. The molecule has 2 aromatic heterocycles. The predicted molar refractivity (Wildman–Crippen MR) is 80.8 cm³/mol. The summed E-state index contributed by atoms with van der Waals surface area (Å²) in [7, 11) is -8.52. The maximum atomic E-state index is 11.4. The molecule has 5 N–H and O–H groups in total. The Morgan fingerprint density at radius 1 is 1.31 bits per heavy atom. The Morgan fingerprint density at radius 2 is 2.04 bits per heavy atom. The van der Waals surface area contributed by atoms with E-state index in [9.17, 15) is 28.8 Å². The summed E-state index contributed by atoms with van der Waals surface area (Å²) in [6.45, 7) is -0.727. The molecule has 26 heavy (non-hydrogen) atoms. The van der Waals surface area contributed by atoms with Crippen molar-refractivity contribution < 1.29 is 42.4 Å². The van der Waals surface area contributed by atoms with E-state index in [0.717, 1.165) is 0 Å². The normalized spacial score (nSPS) is 28.3. The summed E-state index contributed by atoms with van der Waals surface area (Å²) >= 11 is 0. The number of ether oxygens (including phenoxy) is 1. The van der Waals surface area contributed by atoms with Crippen LogP contribution in [0.25, 0.3) is 11.2 Å². The molecular formula is C10H13N5O9P2. The molecule has 142 valence electrons. The van der Waals surface area contributed by atoms with E-state index < -0.39 is 46.9 Å². The van der Waals surface area contributed by atoms with Crippen LogP contribution in [-0.4, -0.2) is 59.5 Å². The first-order valence-electron chi connectivity index (χ1n) is 6.95. The standard InChI is InChI=1S/C10H13N5O9P2/c11-8-5-9(13-2-12-8)15(3-14-5)10-7(17)6(16)4(23-10)1-22-26(20,21)24-25(18)19/h2-4,6-7,10,16-17H,1H2,(H,20,21)(H2,11,12,13)/t4-,6-,7-,10-/m1/s1. The number of nitrogens with zero attached hydrogens (tertiary/aromatic N) is 4. The Morgan fingerprint density at radius 3 is 2.73 bits per heavy atom. The molecule has 1 aliphatic rings. The van der Waals surface area contributed by atoms with E-state index in [1.54, 1.807) is 0 Å². The lowest BCUT2D eigenvalue weighted by molar-refractivity contribution is -0.0500. The van der Waals surface area contributed by atoms with Crippen molar-refractivity contribution in [2.45, 2.75) is 24.5 Å². The zero-order valence-corrected chi connectivity index (χ0v) is 14.5. The van der Waals surface area contributed by atoms with Crippen LogP contribution in [-0.2, 0) is 27.3 Å². The predicted octanol–water partition coefficient (Wildman–Crippen LogP) is -0.751. The summed E-state index contributed by atoms with van der Waals surface area (Å²) in [6.07, 6.45) is -2.96. The Hall–Kier alpha value is -1.76. The molecule has 1 unspecified atom stereocenters. The number of fused-ring (bicyclic) bond motifs is 1. The highest BCUT2D eigenvalue weighted by molar-refractivity contribution is 7.54. The van der Waals surface area contributed by atoms with Crippen LogP contribution in [0.1, 0.15) is 6.23 Å². The SMILES string of the molecule is Nc1ncnc2c1ncn2[C@@H]1O[C@H](COP(=O)(O)OP(=O)=O)[C@@H](O)[C@H]1O. The zero-order valence-electron chi connectivity index (χ0n) is 12.7. The van der Waals surface area contributed by atoms with Gasteiger partial charge in [0.1, 0.15) is 30.2 Å². The van der Waals surface area contributed by atoms with Crippen molar-refractivity contribution in [1.29, 1.82) is 0 Å². The molecule has 1 aliphatic heterocycles. The quantitative estimate of drug-likeness (QED) is 0.433. The molecule has 0 aromatic carbocycles. The number of hydrogen-bond donors (Lipinski definition) is 4. The Labute approximate surface area is 145 Å². The van der Waals surface area contributed by atoms with Crippen LogP contribution in [0.2, 0.25) is 0 Å². The van der Waals surface area contributed by atoms with Gasteiger partial charge in [0.25, 0.3) is 0 Å². The average Bonchev–Trinajstić information content (AvgIpc) is 3.08. The second-order valence-electron chi connectivity index (χ2n) is 5.20. The molecule has 16 heteroatoms. The summed E-state index contributed by atoms with van der Waals surface area (Å²) in [5, 5.41) is 20.2. The largest absolute Gasteiger partial charge is 0.484 e. The second-order valence-corrected chi connectivity index (χ2v) is 7.49. The summed E-state index contributed by atoms with van der Waals surface area (Å²) in [4.78, 5) is 21.0. The smallest absolute Gasteiger partial charge is 0.387 e. The van der Waals surface area contributed by atoms with Crippen molar-refractivity contribution >= 4 is 32.7 Å². The summed E-state index contributed by atoms with van der Waals surface area (Å²) < 4.78 is 47.0. The number of aliphatic hydroxyl groups excluding tert-OH is 2. The average molecular weight is 409 g/mol. The number of imidazole rings is 1. The van der Waals surface area contributed by atoms with E-state index in [1.165, 1.54) is 17.2 Å². The molecule has 0 aliphatic carbocycles. The van der Waals surface area contributed by atoms with Crippen LogP contribution in [0.5, 0.6) is 0 Å². The van der Waals surface area contributed by atoms with Crippen molar-refractivity contribution in [3.63, 3.8) is 0 Å². The molecule has 2 aromatic rings. The topological polar surface area (TPSA) is 209 Å². The van der Waals surface area contributed by atoms with Crippen LogP contribution in [0.4, 0.5) is 5.82 Å². The molecule has 0 spiro atoms. The van der Waals surface area contributed by atoms with E-state index in [2.05, 4.69) is 23.8 Å². The third-order valence-corrected chi connectivity index (χ3v) is 5.40. The first-order valence-corrected chi connectivity index (χ1v) is 9.55. The van der Waals surface area contributed by atoms with E-state index in [-0.39, 0.29) is 17.0 Å². The zero-order chi connectivity index (χ0) is 19.1. The highest BCUT2D eigenvalue weighted by Gasteiger charge is 2.45. The highest BCUT2D eigenvalue weighted by atomic mass is 31.2. The van der Waals surface area contributed by atoms with E-state index >= 15 is 0 Å². The fourth-order valence-corrected chi connectivity index (χ4v) is 3.63. The second kappa shape index (κ2) is 7.10. The Bertz CT molecular complexity index is 925. The molecule has 0 bridgehead atoms. The van der Waals surface area contributed by atoms with Crippen molar-refractivity contribution in [2.24, 2.45) is 0 Å². The Kier molecular flexibility index (Phi) is 5.19. The molecule has 1 saturated heterocycles. The van der Waals surface area contributed by atoms with Gasteiger partial charge in [-0.3, -0.25) is 9.09 Å².